The quantitative estimate of drug-likeness (QED) is 0.431. The predicted octanol–water partition coefficient (Wildman–Crippen LogP) is 5.33. The highest BCUT2D eigenvalue weighted by Gasteiger charge is 2.43. The van der Waals surface area contributed by atoms with E-state index in [0.29, 0.717) is 41.3 Å². The van der Waals surface area contributed by atoms with Crippen molar-refractivity contribution in [3.63, 3.8) is 0 Å². The largest absolute Gasteiger partial charge is 0.493 e. The summed E-state index contributed by atoms with van der Waals surface area (Å²) in [5.74, 6) is 3.28. The van der Waals surface area contributed by atoms with Gasteiger partial charge in [0.2, 0.25) is 5.95 Å². The van der Waals surface area contributed by atoms with Crippen LogP contribution in [0, 0.1) is 23.6 Å². The molecule has 3 aliphatic rings. The number of hydrogen-bond donors (Lipinski definition) is 1. The molecule has 3 unspecified atom stereocenters. The average molecular weight is 517 g/mol. The van der Waals surface area contributed by atoms with Crippen molar-refractivity contribution in [3.8, 4) is 5.75 Å². The summed E-state index contributed by atoms with van der Waals surface area (Å²) in [6, 6.07) is 5.46. The van der Waals surface area contributed by atoms with E-state index in [0.717, 1.165) is 50.1 Å². The van der Waals surface area contributed by atoms with Crippen molar-refractivity contribution in [1.82, 2.24) is 14.9 Å². The van der Waals surface area contributed by atoms with E-state index in [1.54, 1.807) is 18.5 Å². The van der Waals surface area contributed by atoms with Crippen LogP contribution < -0.4 is 9.64 Å². The van der Waals surface area contributed by atoms with Gasteiger partial charge in [0.1, 0.15) is 17.8 Å². The molecule has 3 fully saturated rings. The fraction of sp³-hybridized carbons (Fsp3) is 0.643. The molecule has 6 nitrogen and oxygen atoms in total. The molecule has 0 bridgehead atoms. The third kappa shape index (κ3) is 6.29. The van der Waals surface area contributed by atoms with Crippen molar-refractivity contribution in [2.45, 2.75) is 70.1 Å². The highest BCUT2D eigenvalue weighted by Crippen LogP contribution is 2.49. The summed E-state index contributed by atoms with van der Waals surface area (Å²) in [5, 5.41) is 11.1. The number of nitrogens with zero attached hydrogens (tertiary/aromatic N) is 4. The fourth-order valence-corrected chi connectivity index (χ4v) is 6.28. The average Bonchev–Trinajstić information content (AvgIpc) is 3.44. The molecule has 36 heavy (non-hydrogen) atoms. The Kier molecular flexibility index (Phi) is 8.28. The lowest BCUT2D eigenvalue weighted by Crippen LogP contribution is -2.40. The zero-order valence-corrected chi connectivity index (χ0v) is 21.9. The molecule has 0 spiro atoms. The molecule has 8 heteroatoms. The Morgan fingerprint density at radius 1 is 1.17 bits per heavy atom. The van der Waals surface area contributed by atoms with Gasteiger partial charge in [-0.2, -0.15) is 0 Å². The molecule has 1 aliphatic heterocycles. The number of halogens is 2. The minimum atomic E-state index is -0.660. The fourth-order valence-electron chi connectivity index (χ4n) is 6.18. The number of aromatic nitrogens is 2. The molecule has 1 aromatic carbocycles. The van der Waals surface area contributed by atoms with Gasteiger partial charge in [-0.15, -0.1) is 0 Å². The second-order valence-corrected chi connectivity index (χ2v) is 11.3. The highest BCUT2D eigenvalue weighted by atomic mass is 35.5. The highest BCUT2D eigenvalue weighted by molar-refractivity contribution is 6.30. The first-order valence-electron chi connectivity index (χ1n) is 13.5. The lowest BCUT2D eigenvalue weighted by atomic mass is 9.90. The van der Waals surface area contributed by atoms with Gasteiger partial charge in [-0.25, -0.2) is 14.4 Å². The third-order valence-electron chi connectivity index (χ3n) is 8.57. The van der Waals surface area contributed by atoms with E-state index in [1.807, 2.05) is 18.0 Å². The molecule has 1 saturated heterocycles. The first-order chi connectivity index (χ1) is 17.5. The molecule has 2 aliphatic carbocycles. The van der Waals surface area contributed by atoms with Crippen molar-refractivity contribution >= 4 is 17.5 Å². The van der Waals surface area contributed by atoms with Crippen LogP contribution >= 0.6 is 11.6 Å². The van der Waals surface area contributed by atoms with Crippen LogP contribution in [0.25, 0.3) is 0 Å². The molecule has 2 aromatic rings. The molecular formula is C28H38ClFN4O2. The van der Waals surface area contributed by atoms with Gasteiger partial charge in [-0.1, -0.05) is 30.5 Å². The van der Waals surface area contributed by atoms with Crippen molar-refractivity contribution in [1.29, 1.82) is 0 Å². The smallest absolute Gasteiger partial charge is 0.225 e. The van der Waals surface area contributed by atoms with Gasteiger partial charge in [0.05, 0.1) is 24.0 Å². The Morgan fingerprint density at radius 3 is 2.58 bits per heavy atom. The molecule has 0 amide bonds. The minimum absolute atomic E-state index is 0.297. The summed E-state index contributed by atoms with van der Waals surface area (Å²) in [7, 11) is 1.94. The number of hydrogen-bond acceptors (Lipinski definition) is 6. The molecule has 1 aromatic heterocycles. The van der Waals surface area contributed by atoms with E-state index in [4.69, 9.17) is 16.3 Å². The maximum atomic E-state index is 14.7. The summed E-state index contributed by atoms with van der Waals surface area (Å²) < 4.78 is 20.6. The second kappa shape index (κ2) is 11.6. The van der Waals surface area contributed by atoms with Crippen molar-refractivity contribution in [2.24, 2.45) is 17.8 Å². The summed E-state index contributed by atoms with van der Waals surface area (Å²) in [6.07, 6.45) is 12.2. The van der Waals surface area contributed by atoms with Gasteiger partial charge in [0, 0.05) is 31.6 Å². The maximum absolute atomic E-state index is 14.7. The lowest BCUT2D eigenvalue weighted by molar-refractivity contribution is -0.00420. The van der Waals surface area contributed by atoms with Crippen LogP contribution in [0.5, 0.6) is 5.75 Å². The van der Waals surface area contributed by atoms with Gasteiger partial charge < -0.3 is 14.7 Å². The van der Waals surface area contributed by atoms with E-state index < -0.39 is 6.23 Å². The van der Waals surface area contributed by atoms with Gasteiger partial charge >= 0.3 is 0 Å². The van der Waals surface area contributed by atoms with Crippen LogP contribution in [0.15, 0.2) is 30.6 Å². The van der Waals surface area contributed by atoms with E-state index in [1.165, 1.54) is 38.2 Å². The Labute approximate surface area is 218 Å². The number of benzene rings is 1. The Hall–Kier alpha value is -1.96. The number of ether oxygens (including phenoxy) is 1. The first-order valence-corrected chi connectivity index (χ1v) is 13.9. The van der Waals surface area contributed by atoms with Crippen LogP contribution in [-0.2, 0) is 6.42 Å². The predicted molar refractivity (Wildman–Crippen MR) is 140 cm³/mol. The Bertz CT molecular complexity index is 996. The Morgan fingerprint density at radius 2 is 1.89 bits per heavy atom. The molecule has 2 heterocycles. The second-order valence-electron chi connectivity index (χ2n) is 10.9. The molecule has 5 rings (SSSR count). The SMILES string of the molecule is CN(C(O)Cc1ccc(OCCC2CC2C2CCN(c3ncc(Cl)cn3)CC2)cc1F)C1CCCC1. The molecule has 2 saturated carbocycles. The summed E-state index contributed by atoms with van der Waals surface area (Å²) in [6.45, 7) is 2.59. The molecule has 3 atom stereocenters. The van der Waals surface area contributed by atoms with E-state index >= 15 is 0 Å². The van der Waals surface area contributed by atoms with Gasteiger partial charge in [-0.05, 0) is 75.0 Å². The number of likely N-dealkylation sites (N-methyl/N-ethyl adjacent to an activating group) is 1. The zero-order chi connectivity index (χ0) is 25.1. The number of rotatable bonds is 10. The van der Waals surface area contributed by atoms with Crippen molar-refractivity contribution < 1.29 is 14.2 Å². The Balaban J connectivity index is 1.02. The van der Waals surface area contributed by atoms with Crippen LogP contribution in [0.3, 0.4) is 0 Å². The lowest BCUT2D eigenvalue weighted by Gasteiger charge is -2.32. The number of aliphatic hydroxyl groups is 1. The zero-order valence-electron chi connectivity index (χ0n) is 21.2. The van der Waals surface area contributed by atoms with E-state index in [-0.39, 0.29) is 5.82 Å². The normalized spacial score (nSPS) is 23.9. The van der Waals surface area contributed by atoms with Gasteiger partial charge in [0.15, 0.2) is 0 Å². The number of anilines is 1. The van der Waals surface area contributed by atoms with Crippen molar-refractivity contribution in [3.05, 3.63) is 47.0 Å². The maximum Gasteiger partial charge on any atom is 0.225 e. The first kappa shape index (κ1) is 25.7. The summed E-state index contributed by atoms with van der Waals surface area (Å²) >= 11 is 5.90. The van der Waals surface area contributed by atoms with Crippen LogP contribution in [-0.4, -0.2) is 59.0 Å². The van der Waals surface area contributed by atoms with Crippen LogP contribution in [0.4, 0.5) is 10.3 Å². The van der Waals surface area contributed by atoms with Gasteiger partial charge in [0.25, 0.3) is 0 Å². The molecule has 1 N–H and O–H groups in total. The molecular weight excluding hydrogens is 479 g/mol. The monoisotopic (exact) mass is 516 g/mol. The van der Waals surface area contributed by atoms with E-state index in [9.17, 15) is 9.50 Å². The van der Waals surface area contributed by atoms with Crippen molar-refractivity contribution in [2.75, 3.05) is 31.6 Å². The van der Waals surface area contributed by atoms with Gasteiger partial charge in [-0.3, -0.25) is 4.90 Å². The third-order valence-corrected chi connectivity index (χ3v) is 8.76. The number of aliphatic hydroxyl groups excluding tert-OH is 1. The van der Waals surface area contributed by atoms with Crippen LogP contribution in [0.1, 0.15) is 56.9 Å². The van der Waals surface area contributed by atoms with Crippen LogP contribution in [0.2, 0.25) is 5.02 Å². The number of piperidine rings is 1. The molecule has 0 radical (unpaired) electrons. The minimum Gasteiger partial charge on any atom is -0.493 e. The van der Waals surface area contributed by atoms with E-state index in [2.05, 4.69) is 14.9 Å². The summed E-state index contributed by atoms with van der Waals surface area (Å²) in [5.41, 5.74) is 0.539. The topological polar surface area (TPSA) is 61.7 Å². The molecule has 196 valence electrons. The standard InChI is InChI=1S/C28H38ClFN4O2/c1-33(23-4-2-3-5-23)27(35)15-21-6-7-24(16-26(21)30)36-13-10-20-14-25(20)19-8-11-34(12-9-19)28-31-17-22(29)18-32-28/h6-7,16-20,23,25,27,35H,2-5,8-15H2,1H3. The summed E-state index contributed by atoms with van der Waals surface area (Å²) in [4.78, 5) is 12.9.